The molecular formula is C9H20N2O4. The van der Waals surface area contributed by atoms with E-state index >= 15 is 0 Å². The molecule has 6 nitrogen and oxygen atoms in total. The van der Waals surface area contributed by atoms with Crippen LogP contribution in [0.5, 0.6) is 0 Å². The van der Waals surface area contributed by atoms with Gasteiger partial charge in [0.1, 0.15) is 0 Å². The predicted molar refractivity (Wildman–Crippen MR) is 55.5 cm³/mol. The number of ether oxygens (including phenoxy) is 1. The average molecular weight is 220 g/mol. The van der Waals surface area contributed by atoms with Crippen LogP contribution in [0.25, 0.3) is 0 Å². The van der Waals surface area contributed by atoms with Crippen molar-refractivity contribution in [2.24, 2.45) is 0 Å². The molecule has 1 amide bonds. The SMILES string of the molecule is COCCNCC(=O)NC(C)(CO)CO. The van der Waals surface area contributed by atoms with Crippen molar-refractivity contribution in [3.05, 3.63) is 0 Å². The average Bonchev–Trinajstić information content (AvgIpc) is 2.24. The molecule has 0 atom stereocenters. The van der Waals surface area contributed by atoms with Crippen molar-refractivity contribution in [2.45, 2.75) is 12.5 Å². The lowest BCUT2D eigenvalue weighted by molar-refractivity contribution is -0.123. The second-order valence-corrected chi connectivity index (χ2v) is 3.59. The predicted octanol–water partition coefficient (Wildman–Crippen LogP) is -1.92. The lowest BCUT2D eigenvalue weighted by Gasteiger charge is -2.26. The Hall–Kier alpha value is -0.690. The maximum Gasteiger partial charge on any atom is 0.234 e. The maximum absolute atomic E-state index is 11.3. The quantitative estimate of drug-likeness (QED) is 0.358. The zero-order valence-electron chi connectivity index (χ0n) is 9.25. The van der Waals surface area contributed by atoms with E-state index < -0.39 is 5.54 Å². The van der Waals surface area contributed by atoms with Crippen LogP contribution in [-0.4, -0.2) is 61.7 Å². The van der Waals surface area contributed by atoms with Gasteiger partial charge < -0.3 is 25.6 Å². The van der Waals surface area contributed by atoms with Crippen LogP contribution in [-0.2, 0) is 9.53 Å². The van der Waals surface area contributed by atoms with E-state index in [0.717, 1.165) is 0 Å². The summed E-state index contributed by atoms with van der Waals surface area (Å²) in [7, 11) is 1.58. The minimum atomic E-state index is -0.958. The Labute approximate surface area is 89.6 Å². The first-order valence-corrected chi connectivity index (χ1v) is 4.80. The van der Waals surface area contributed by atoms with Gasteiger partial charge in [-0.05, 0) is 6.92 Å². The fraction of sp³-hybridized carbons (Fsp3) is 0.889. The van der Waals surface area contributed by atoms with Crippen LogP contribution in [0.15, 0.2) is 0 Å². The molecule has 0 aliphatic rings. The molecule has 0 heterocycles. The third-order valence-corrected chi connectivity index (χ3v) is 1.91. The number of amides is 1. The second-order valence-electron chi connectivity index (χ2n) is 3.59. The number of nitrogens with one attached hydrogen (secondary N) is 2. The van der Waals surface area contributed by atoms with E-state index in [1.807, 2.05) is 0 Å². The van der Waals surface area contributed by atoms with Gasteiger partial charge >= 0.3 is 0 Å². The minimum absolute atomic E-state index is 0.138. The van der Waals surface area contributed by atoms with E-state index in [0.29, 0.717) is 13.2 Å². The normalized spacial score (nSPS) is 11.5. The molecular weight excluding hydrogens is 200 g/mol. The molecule has 0 unspecified atom stereocenters. The van der Waals surface area contributed by atoms with Gasteiger partial charge in [-0.25, -0.2) is 0 Å². The molecule has 0 fully saturated rings. The fourth-order valence-corrected chi connectivity index (χ4v) is 0.886. The highest BCUT2D eigenvalue weighted by molar-refractivity contribution is 5.78. The number of carbonyl (C=O) groups excluding carboxylic acids is 1. The summed E-state index contributed by atoms with van der Waals surface area (Å²) in [6.45, 7) is 2.23. The molecule has 0 aromatic carbocycles. The van der Waals surface area contributed by atoms with E-state index in [1.54, 1.807) is 14.0 Å². The Morgan fingerprint density at radius 3 is 2.47 bits per heavy atom. The Balaban J connectivity index is 3.72. The number of aliphatic hydroxyl groups excluding tert-OH is 2. The number of carbonyl (C=O) groups is 1. The summed E-state index contributed by atoms with van der Waals surface area (Å²) >= 11 is 0. The third-order valence-electron chi connectivity index (χ3n) is 1.91. The molecule has 0 rings (SSSR count). The number of hydrogen-bond donors (Lipinski definition) is 4. The van der Waals surface area contributed by atoms with Gasteiger partial charge in [-0.2, -0.15) is 0 Å². The Bertz CT molecular complexity index is 183. The van der Waals surface area contributed by atoms with Crippen molar-refractivity contribution in [1.29, 1.82) is 0 Å². The van der Waals surface area contributed by atoms with Crippen molar-refractivity contribution < 1.29 is 19.7 Å². The molecule has 0 aromatic rings. The number of hydrogen-bond acceptors (Lipinski definition) is 5. The summed E-state index contributed by atoms with van der Waals surface area (Å²) < 4.78 is 4.79. The molecule has 0 bridgehead atoms. The maximum atomic E-state index is 11.3. The molecule has 0 saturated heterocycles. The van der Waals surface area contributed by atoms with E-state index in [4.69, 9.17) is 14.9 Å². The number of methoxy groups -OCH3 is 1. The zero-order chi connectivity index (χ0) is 11.7. The van der Waals surface area contributed by atoms with Gasteiger partial charge in [0, 0.05) is 13.7 Å². The molecule has 4 N–H and O–H groups in total. The van der Waals surface area contributed by atoms with Gasteiger partial charge in [0.2, 0.25) is 5.91 Å². The Morgan fingerprint density at radius 1 is 1.40 bits per heavy atom. The van der Waals surface area contributed by atoms with Crippen LogP contribution in [0.2, 0.25) is 0 Å². The van der Waals surface area contributed by atoms with E-state index in [1.165, 1.54) is 0 Å². The van der Waals surface area contributed by atoms with Gasteiger partial charge in [0.15, 0.2) is 0 Å². The molecule has 15 heavy (non-hydrogen) atoms. The van der Waals surface area contributed by atoms with E-state index in [-0.39, 0.29) is 25.7 Å². The molecule has 0 saturated carbocycles. The monoisotopic (exact) mass is 220 g/mol. The number of aliphatic hydroxyl groups is 2. The van der Waals surface area contributed by atoms with Crippen LogP contribution >= 0.6 is 0 Å². The lowest BCUT2D eigenvalue weighted by Crippen LogP contribution is -2.53. The van der Waals surface area contributed by atoms with Crippen LogP contribution in [0.4, 0.5) is 0 Å². The summed E-state index contributed by atoms with van der Waals surface area (Å²) in [5.74, 6) is -0.267. The van der Waals surface area contributed by atoms with Gasteiger partial charge in [-0.15, -0.1) is 0 Å². The van der Waals surface area contributed by atoms with Crippen LogP contribution in [0.1, 0.15) is 6.92 Å². The largest absolute Gasteiger partial charge is 0.394 e. The standard InChI is InChI=1S/C9H20N2O4/c1-9(6-12,7-13)11-8(14)5-10-3-4-15-2/h10,12-13H,3-7H2,1-2H3,(H,11,14). The van der Waals surface area contributed by atoms with Gasteiger partial charge in [-0.1, -0.05) is 0 Å². The third kappa shape index (κ3) is 6.40. The fourth-order valence-electron chi connectivity index (χ4n) is 0.886. The van der Waals surface area contributed by atoms with Crippen molar-refractivity contribution in [3.8, 4) is 0 Å². The van der Waals surface area contributed by atoms with Crippen molar-refractivity contribution in [2.75, 3.05) is 40.0 Å². The molecule has 0 aliphatic heterocycles. The molecule has 6 heteroatoms. The summed E-state index contributed by atoms with van der Waals surface area (Å²) in [4.78, 5) is 11.3. The molecule has 0 spiro atoms. The first kappa shape index (κ1) is 14.3. The van der Waals surface area contributed by atoms with Crippen molar-refractivity contribution in [3.63, 3.8) is 0 Å². The summed E-state index contributed by atoms with van der Waals surface area (Å²) in [5.41, 5.74) is -0.958. The van der Waals surface area contributed by atoms with E-state index in [2.05, 4.69) is 10.6 Å². The minimum Gasteiger partial charge on any atom is -0.394 e. The molecule has 0 aromatic heterocycles. The Kier molecular flexibility index (Phi) is 7.23. The van der Waals surface area contributed by atoms with E-state index in [9.17, 15) is 4.79 Å². The van der Waals surface area contributed by atoms with Crippen LogP contribution in [0.3, 0.4) is 0 Å². The van der Waals surface area contributed by atoms with Crippen molar-refractivity contribution >= 4 is 5.91 Å². The van der Waals surface area contributed by atoms with Gasteiger partial charge in [0.25, 0.3) is 0 Å². The van der Waals surface area contributed by atoms with Crippen LogP contribution in [0, 0.1) is 0 Å². The van der Waals surface area contributed by atoms with Crippen LogP contribution < -0.4 is 10.6 Å². The second kappa shape index (κ2) is 7.58. The summed E-state index contributed by atoms with van der Waals surface area (Å²) in [5, 5.41) is 23.2. The number of rotatable bonds is 8. The molecule has 0 radical (unpaired) electrons. The zero-order valence-corrected chi connectivity index (χ0v) is 9.25. The summed E-state index contributed by atoms with van der Waals surface area (Å²) in [6, 6.07) is 0. The molecule has 90 valence electrons. The highest BCUT2D eigenvalue weighted by Crippen LogP contribution is 1.99. The first-order chi connectivity index (χ1) is 7.08. The topological polar surface area (TPSA) is 90.8 Å². The Morgan fingerprint density at radius 2 is 2.00 bits per heavy atom. The first-order valence-electron chi connectivity index (χ1n) is 4.80. The summed E-state index contributed by atoms with van der Waals surface area (Å²) in [6.07, 6.45) is 0. The molecule has 0 aliphatic carbocycles. The van der Waals surface area contributed by atoms with Gasteiger partial charge in [0.05, 0.1) is 31.9 Å². The highest BCUT2D eigenvalue weighted by Gasteiger charge is 2.23. The lowest BCUT2D eigenvalue weighted by atomic mass is 10.1. The smallest absolute Gasteiger partial charge is 0.234 e. The van der Waals surface area contributed by atoms with Gasteiger partial charge in [-0.3, -0.25) is 4.79 Å². The highest BCUT2D eigenvalue weighted by atomic mass is 16.5. The van der Waals surface area contributed by atoms with Crippen molar-refractivity contribution in [1.82, 2.24) is 10.6 Å².